The second-order valence-electron chi connectivity index (χ2n) is 5.27. The van der Waals surface area contributed by atoms with Gasteiger partial charge in [-0.05, 0) is 6.92 Å². The van der Waals surface area contributed by atoms with E-state index >= 15 is 0 Å². The zero-order chi connectivity index (χ0) is 18.3. The number of thioether (sulfide) groups is 1. The van der Waals surface area contributed by atoms with Gasteiger partial charge in [-0.2, -0.15) is 0 Å². The Kier molecular flexibility index (Phi) is 4.39. The van der Waals surface area contributed by atoms with Gasteiger partial charge in [-0.3, -0.25) is 9.59 Å². The van der Waals surface area contributed by atoms with Gasteiger partial charge in [-0.1, -0.05) is 5.16 Å². The minimum atomic E-state index is -1.09. The molecular formula is C13H13N5O5S2. The zero-order valence-electron chi connectivity index (χ0n) is 12.7. The highest BCUT2D eigenvalue weighted by molar-refractivity contribution is 8.00. The Morgan fingerprint density at radius 1 is 1.48 bits per heavy atom. The summed E-state index contributed by atoms with van der Waals surface area (Å²) in [7, 11) is 0. The van der Waals surface area contributed by atoms with E-state index < -0.39 is 29.2 Å². The summed E-state index contributed by atoms with van der Waals surface area (Å²) < 4.78 is 0. The average molecular weight is 383 g/mol. The molecule has 0 aliphatic carbocycles. The first kappa shape index (κ1) is 17.2. The molecule has 3 heterocycles. The first-order chi connectivity index (χ1) is 11.8. The van der Waals surface area contributed by atoms with Crippen molar-refractivity contribution in [1.29, 1.82) is 0 Å². The van der Waals surface area contributed by atoms with Crippen LogP contribution in [0.5, 0.6) is 0 Å². The third-order valence-electron chi connectivity index (χ3n) is 3.75. The number of oxime groups is 1. The topological polar surface area (TPSA) is 158 Å². The summed E-state index contributed by atoms with van der Waals surface area (Å²) in [5, 5.41) is 24.5. The van der Waals surface area contributed by atoms with Crippen LogP contribution in [-0.2, 0) is 14.4 Å². The van der Waals surface area contributed by atoms with Gasteiger partial charge in [0.25, 0.3) is 11.8 Å². The van der Waals surface area contributed by atoms with Crippen molar-refractivity contribution >= 4 is 51.7 Å². The fourth-order valence-corrected chi connectivity index (χ4v) is 4.40. The summed E-state index contributed by atoms with van der Waals surface area (Å²) in [6.07, 6.45) is 1.29. The molecule has 1 fully saturated rings. The number of aromatic nitrogens is 1. The standard InChI is InChI=1S/C13H13N5O5S2/c1-4-5(12(21)22)2-18-10(20)8(11(18)25-4)16-9(19)7(17-23)6-3-24-13(14)15-6/h2-4,8,11,23H,1H3,(H2,14,15)(H,16,19)(H,21,22)/t4?,8?,11-/m1/s1. The Labute approximate surface area is 149 Å². The molecule has 0 bridgehead atoms. The molecule has 2 aliphatic heterocycles. The van der Waals surface area contributed by atoms with Gasteiger partial charge in [0.05, 0.1) is 5.57 Å². The molecule has 10 nitrogen and oxygen atoms in total. The van der Waals surface area contributed by atoms with Gasteiger partial charge in [-0.15, -0.1) is 23.1 Å². The number of nitrogens with one attached hydrogen (secondary N) is 1. The van der Waals surface area contributed by atoms with Gasteiger partial charge in [-0.25, -0.2) is 9.78 Å². The molecule has 0 radical (unpaired) electrons. The van der Waals surface area contributed by atoms with E-state index in [-0.39, 0.29) is 27.4 Å². The second kappa shape index (κ2) is 6.37. The Morgan fingerprint density at radius 3 is 2.76 bits per heavy atom. The highest BCUT2D eigenvalue weighted by Crippen LogP contribution is 2.40. The number of fused-ring (bicyclic) bond motifs is 1. The van der Waals surface area contributed by atoms with E-state index in [9.17, 15) is 14.4 Å². The normalized spacial score (nSPS) is 25.7. The molecule has 5 N–H and O–H groups in total. The monoisotopic (exact) mass is 383 g/mol. The summed E-state index contributed by atoms with van der Waals surface area (Å²) in [6, 6.07) is -0.848. The number of nitrogens with two attached hydrogens (primary N) is 1. The predicted octanol–water partition coefficient (Wildman–Crippen LogP) is -0.339. The van der Waals surface area contributed by atoms with Gasteiger partial charge in [0.2, 0.25) is 0 Å². The summed E-state index contributed by atoms with van der Waals surface area (Å²) in [5.41, 5.74) is 5.36. The Hall–Kier alpha value is -2.60. The molecule has 3 rings (SSSR count). The second-order valence-corrected chi connectivity index (χ2v) is 7.63. The third-order valence-corrected chi connectivity index (χ3v) is 5.87. The van der Waals surface area contributed by atoms with Gasteiger partial charge in [0.1, 0.15) is 17.1 Å². The lowest BCUT2D eigenvalue weighted by Gasteiger charge is -2.48. The van der Waals surface area contributed by atoms with Crippen LogP contribution < -0.4 is 11.1 Å². The Morgan fingerprint density at radius 2 is 2.20 bits per heavy atom. The number of carboxylic acid groups (broad SMARTS) is 1. The van der Waals surface area contributed by atoms with Crippen LogP contribution in [0.4, 0.5) is 5.13 Å². The number of carbonyl (C=O) groups excluding carboxylic acids is 2. The van der Waals surface area contributed by atoms with Crippen molar-refractivity contribution < 1.29 is 24.7 Å². The predicted molar refractivity (Wildman–Crippen MR) is 90.2 cm³/mol. The van der Waals surface area contributed by atoms with Crippen LogP contribution in [0.1, 0.15) is 12.6 Å². The number of amides is 2. The number of nitrogen functional groups attached to an aromatic ring is 1. The van der Waals surface area contributed by atoms with Gasteiger partial charge in [0.15, 0.2) is 10.8 Å². The number of rotatable bonds is 4. The molecule has 12 heteroatoms. The van der Waals surface area contributed by atoms with Gasteiger partial charge >= 0.3 is 5.97 Å². The van der Waals surface area contributed by atoms with Crippen molar-refractivity contribution in [1.82, 2.24) is 15.2 Å². The number of carbonyl (C=O) groups is 3. The smallest absolute Gasteiger partial charge is 0.334 e. The van der Waals surface area contributed by atoms with Crippen LogP contribution in [0, 0.1) is 0 Å². The fraction of sp³-hybridized carbons (Fsp3) is 0.308. The largest absolute Gasteiger partial charge is 0.478 e. The molecule has 1 aromatic heterocycles. The van der Waals surface area contributed by atoms with Crippen molar-refractivity contribution in [2.45, 2.75) is 23.6 Å². The molecule has 0 saturated carbocycles. The molecule has 0 spiro atoms. The number of hydrogen-bond acceptors (Lipinski definition) is 9. The molecule has 2 unspecified atom stereocenters. The number of β-lactam (4-membered cyclic amide) rings is 1. The molecule has 132 valence electrons. The minimum Gasteiger partial charge on any atom is -0.478 e. The van der Waals surface area contributed by atoms with Gasteiger partial charge < -0.3 is 26.3 Å². The minimum absolute atomic E-state index is 0.101. The molecule has 2 aliphatic rings. The molecule has 2 amide bonds. The van der Waals surface area contributed by atoms with E-state index in [0.717, 1.165) is 11.3 Å². The molecular weight excluding hydrogens is 370 g/mol. The maximum atomic E-state index is 12.3. The van der Waals surface area contributed by atoms with Crippen molar-refractivity contribution in [2.24, 2.45) is 5.16 Å². The number of thiazole rings is 1. The maximum Gasteiger partial charge on any atom is 0.334 e. The van der Waals surface area contributed by atoms with Crippen molar-refractivity contribution in [3.8, 4) is 0 Å². The fourth-order valence-electron chi connectivity index (χ4n) is 2.49. The lowest BCUT2D eigenvalue weighted by Crippen LogP contribution is -2.69. The Bertz CT molecular complexity index is 819. The number of aliphatic carboxylic acids is 1. The third kappa shape index (κ3) is 2.93. The van der Waals surface area contributed by atoms with E-state index in [1.165, 1.54) is 28.2 Å². The highest BCUT2D eigenvalue weighted by atomic mass is 32.2. The SMILES string of the molecule is CC1S[C@@H]2C(NC(=O)C(=NO)c3csc(N)n3)C(=O)N2C=C1C(=O)O. The van der Waals surface area contributed by atoms with E-state index in [2.05, 4.69) is 15.5 Å². The Balaban J connectivity index is 1.74. The van der Waals surface area contributed by atoms with Crippen LogP contribution in [0.25, 0.3) is 0 Å². The molecule has 1 saturated heterocycles. The van der Waals surface area contributed by atoms with Gasteiger partial charge in [0, 0.05) is 16.8 Å². The first-order valence-electron chi connectivity index (χ1n) is 7.00. The average Bonchev–Trinajstić information content (AvgIpc) is 2.98. The molecule has 3 atom stereocenters. The number of nitrogens with zero attached hydrogens (tertiary/aromatic N) is 3. The summed E-state index contributed by atoms with van der Waals surface area (Å²) in [4.78, 5) is 40.8. The summed E-state index contributed by atoms with van der Waals surface area (Å²) >= 11 is 2.33. The van der Waals surface area contributed by atoms with Crippen LogP contribution in [0.2, 0.25) is 0 Å². The lowest BCUT2D eigenvalue weighted by atomic mass is 10.1. The molecule has 0 aromatic carbocycles. The highest BCUT2D eigenvalue weighted by Gasteiger charge is 2.51. The van der Waals surface area contributed by atoms with Crippen molar-refractivity contribution in [2.75, 3.05) is 5.73 Å². The number of hydrogen-bond donors (Lipinski definition) is 4. The maximum absolute atomic E-state index is 12.3. The van der Waals surface area contributed by atoms with Crippen LogP contribution in [-0.4, -0.2) is 60.4 Å². The van der Waals surface area contributed by atoms with E-state index in [1.807, 2.05) is 0 Å². The number of carboxylic acids is 1. The van der Waals surface area contributed by atoms with Crippen LogP contribution in [0.3, 0.4) is 0 Å². The lowest BCUT2D eigenvalue weighted by molar-refractivity contribution is -0.144. The van der Waals surface area contributed by atoms with E-state index in [0.29, 0.717) is 0 Å². The summed E-state index contributed by atoms with van der Waals surface area (Å²) in [5.74, 6) is -2.30. The summed E-state index contributed by atoms with van der Waals surface area (Å²) in [6.45, 7) is 1.71. The first-order valence-corrected chi connectivity index (χ1v) is 8.82. The van der Waals surface area contributed by atoms with Crippen molar-refractivity contribution in [3.63, 3.8) is 0 Å². The van der Waals surface area contributed by atoms with E-state index in [4.69, 9.17) is 16.0 Å². The van der Waals surface area contributed by atoms with E-state index in [1.54, 1.807) is 6.92 Å². The quantitative estimate of drug-likeness (QED) is 0.238. The van der Waals surface area contributed by atoms with Crippen molar-refractivity contribution in [3.05, 3.63) is 22.8 Å². The number of anilines is 1. The zero-order valence-corrected chi connectivity index (χ0v) is 14.4. The molecule has 25 heavy (non-hydrogen) atoms. The molecule has 1 aromatic rings. The van der Waals surface area contributed by atoms with Crippen LogP contribution >= 0.6 is 23.1 Å². The van der Waals surface area contributed by atoms with Crippen LogP contribution in [0.15, 0.2) is 22.3 Å².